The maximum absolute atomic E-state index is 12.0. The molecule has 1 aromatic carbocycles. The van der Waals surface area contributed by atoms with Crippen LogP contribution in [-0.2, 0) is 4.79 Å². The lowest BCUT2D eigenvalue weighted by Gasteiger charge is -2.15. The highest BCUT2D eigenvalue weighted by Gasteiger charge is 2.16. The van der Waals surface area contributed by atoms with Gasteiger partial charge in [-0.1, -0.05) is 13.8 Å². The highest BCUT2D eigenvalue weighted by Crippen LogP contribution is 2.08. The molecule has 1 rings (SSSR count). The first-order valence-corrected chi connectivity index (χ1v) is 6.80. The van der Waals surface area contributed by atoms with Gasteiger partial charge in [-0.05, 0) is 37.1 Å². The molecule has 0 aliphatic carbocycles. The molecule has 1 atom stereocenters. The molecule has 2 amide bonds. The summed E-state index contributed by atoms with van der Waals surface area (Å²) in [5.41, 5.74) is 1.47. The van der Waals surface area contributed by atoms with Crippen LogP contribution in [0.1, 0.15) is 31.1 Å². The molecule has 3 N–H and O–H groups in total. The summed E-state index contributed by atoms with van der Waals surface area (Å²) in [6.07, 6.45) is 0. The van der Waals surface area contributed by atoms with Crippen molar-refractivity contribution in [3.63, 3.8) is 0 Å². The first-order chi connectivity index (χ1) is 9.43. The Morgan fingerprint density at radius 3 is 2.20 bits per heavy atom. The zero-order chi connectivity index (χ0) is 15.1. The lowest BCUT2D eigenvalue weighted by Crippen LogP contribution is -2.45. The topological polar surface area (TPSA) is 70.2 Å². The Morgan fingerprint density at radius 2 is 1.70 bits per heavy atom. The van der Waals surface area contributed by atoms with Crippen molar-refractivity contribution < 1.29 is 9.59 Å². The quantitative estimate of drug-likeness (QED) is 0.740. The number of hydrogen-bond donors (Lipinski definition) is 3. The van der Waals surface area contributed by atoms with Crippen LogP contribution >= 0.6 is 0 Å². The van der Waals surface area contributed by atoms with E-state index >= 15 is 0 Å². The van der Waals surface area contributed by atoms with Gasteiger partial charge >= 0.3 is 0 Å². The molecule has 0 radical (unpaired) electrons. The molecule has 0 spiro atoms. The molecule has 0 bridgehead atoms. The van der Waals surface area contributed by atoms with Crippen molar-refractivity contribution >= 4 is 17.5 Å². The van der Waals surface area contributed by atoms with Crippen LogP contribution in [0.25, 0.3) is 0 Å². The van der Waals surface area contributed by atoms with E-state index in [1.807, 2.05) is 33.0 Å². The lowest BCUT2D eigenvalue weighted by atomic mass is 10.1. The van der Waals surface area contributed by atoms with Gasteiger partial charge in [-0.25, -0.2) is 0 Å². The van der Waals surface area contributed by atoms with Crippen molar-refractivity contribution in [2.45, 2.75) is 26.8 Å². The van der Waals surface area contributed by atoms with Crippen molar-refractivity contribution in [2.24, 2.45) is 5.92 Å². The third-order valence-electron chi connectivity index (χ3n) is 2.86. The number of nitrogens with one attached hydrogen (secondary N) is 3. The molecule has 5 nitrogen and oxygen atoms in total. The molecule has 5 heteroatoms. The van der Waals surface area contributed by atoms with Crippen LogP contribution in [0.2, 0.25) is 0 Å². The molecule has 0 fully saturated rings. The molecular weight excluding hydrogens is 254 g/mol. The Bertz CT molecular complexity index is 455. The maximum Gasteiger partial charge on any atom is 0.251 e. The van der Waals surface area contributed by atoms with Crippen molar-refractivity contribution in [1.82, 2.24) is 10.6 Å². The Morgan fingerprint density at radius 1 is 1.10 bits per heavy atom. The minimum Gasteiger partial charge on any atom is -0.388 e. The van der Waals surface area contributed by atoms with E-state index in [1.165, 1.54) is 0 Å². The van der Waals surface area contributed by atoms with Gasteiger partial charge < -0.3 is 16.0 Å². The summed E-state index contributed by atoms with van der Waals surface area (Å²) in [6.45, 7) is 6.32. The highest BCUT2D eigenvalue weighted by atomic mass is 16.2. The van der Waals surface area contributed by atoms with Crippen LogP contribution in [0.3, 0.4) is 0 Å². The molecule has 0 aromatic heterocycles. The predicted octanol–water partition coefficient (Wildman–Crippen LogP) is 1.62. The van der Waals surface area contributed by atoms with Crippen LogP contribution in [0.5, 0.6) is 0 Å². The smallest absolute Gasteiger partial charge is 0.251 e. The number of benzene rings is 1. The lowest BCUT2D eigenvalue weighted by molar-refractivity contribution is -0.122. The molecule has 1 aromatic rings. The monoisotopic (exact) mass is 277 g/mol. The SMILES string of the molecule is CNc1ccc(C(=O)NC(C)C(=O)NCC(C)C)cc1. The van der Waals surface area contributed by atoms with Gasteiger partial charge in [-0.15, -0.1) is 0 Å². The Hall–Kier alpha value is -2.04. The second-order valence-corrected chi connectivity index (χ2v) is 5.16. The van der Waals surface area contributed by atoms with E-state index in [0.29, 0.717) is 18.0 Å². The molecule has 110 valence electrons. The number of carbonyl (C=O) groups is 2. The van der Waals surface area contributed by atoms with Gasteiger partial charge in [0.15, 0.2) is 0 Å². The molecule has 1 unspecified atom stereocenters. The first kappa shape index (κ1) is 16.0. The van der Waals surface area contributed by atoms with Crippen molar-refractivity contribution in [3.05, 3.63) is 29.8 Å². The minimum absolute atomic E-state index is 0.168. The van der Waals surface area contributed by atoms with Crippen molar-refractivity contribution in [2.75, 3.05) is 18.9 Å². The summed E-state index contributed by atoms with van der Waals surface area (Å²) in [4.78, 5) is 23.8. The summed E-state index contributed by atoms with van der Waals surface area (Å²) >= 11 is 0. The van der Waals surface area contributed by atoms with E-state index in [-0.39, 0.29) is 11.8 Å². The van der Waals surface area contributed by atoms with Crippen LogP contribution in [0, 0.1) is 5.92 Å². The zero-order valence-electron chi connectivity index (χ0n) is 12.5. The first-order valence-electron chi connectivity index (χ1n) is 6.80. The molecule has 0 heterocycles. The van der Waals surface area contributed by atoms with Gasteiger partial charge in [0.25, 0.3) is 5.91 Å². The van der Waals surface area contributed by atoms with E-state index in [9.17, 15) is 9.59 Å². The largest absolute Gasteiger partial charge is 0.388 e. The van der Waals surface area contributed by atoms with Gasteiger partial charge in [0.2, 0.25) is 5.91 Å². The fraction of sp³-hybridized carbons (Fsp3) is 0.467. The molecule has 0 saturated heterocycles. The number of hydrogen-bond acceptors (Lipinski definition) is 3. The summed E-state index contributed by atoms with van der Waals surface area (Å²) < 4.78 is 0. The van der Waals surface area contributed by atoms with Crippen LogP contribution in [-0.4, -0.2) is 31.4 Å². The molecule has 0 aliphatic rings. The van der Waals surface area contributed by atoms with Crippen LogP contribution in [0.4, 0.5) is 5.69 Å². The van der Waals surface area contributed by atoms with E-state index < -0.39 is 6.04 Å². The van der Waals surface area contributed by atoms with Crippen LogP contribution in [0.15, 0.2) is 24.3 Å². The molecule has 0 aliphatic heterocycles. The number of anilines is 1. The third kappa shape index (κ3) is 4.91. The summed E-state index contributed by atoms with van der Waals surface area (Å²) in [5, 5.41) is 8.46. The van der Waals surface area contributed by atoms with E-state index in [1.54, 1.807) is 19.1 Å². The second-order valence-electron chi connectivity index (χ2n) is 5.16. The van der Waals surface area contributed by atoms with Crippen molar-refractivity contribution in [3.8, 4) is 0 Å². The fourth-order valence-corrected chi connectivity index (χ4v) is 1.59. The van der Waals surface area contributed by atoms with Gasteiger partial charge in [-0.2, -0.15) is 0 Å². The average Bonchev–Trinajstić information content (AvgIpc) is 2.44. The molecular formula is C15H23N3O2. The van der Waals surface area contributed by atoms with Gasteiger partial charge in [-0.3, -0.25) is 9.59 Å². The van der Waals surface area contributed by atoms with Gasteiger partial charge in [0.1, 0.15) is 6.04 Å². The standard InChI is InChI=1S/C15H23N3O2/c1-10(2)9-17-14(19)11(3)18-15(20)12-5-7-13(16-4)8-6-12/h5-8,10-11,16H,9H2,1-4H3,(H,17,19)(H,18,20). The normalized spacial score (nSPS) is 11.8. The minimum atomic E-state index is -0.551. The Balaban J connectivity index is 2.53. The zero-order valence-corrected chi connectivity index (χ0v) is 12.5. The number of amides is 2. The highest BCUT2D eigenvalue weighted by molar-refractivity contribution is 5.97. The predicted molar refractivity (Wildman–Crippen MR) is 80.8 cm³/mol. The third-order valence-corrected chi connectivity index (χ3v) is 2.86. The van der Waals surface area contributed by atoms with Gasteiger partial charge in [0.05, 0.1) is 0 Å². The summed E-state index contributed by atoms with van der Waals surface area (Å²) in [5.74, 6) is -0.0327. The van der Waals surface area contributed by atoms with E-state index in [2.05, 4.69) is 16.0 Å². The van der Waals surface area contributed by atoms with Gasteiger partial charge in [0, 0.05) is 24.8 Å². The number of rotatable bonds is 6. The second kappa shape index (κ2) is 7.53. The Labute approximate surface area is 120 Å². The van der Waals surface area contributed by atoms with Crippen LogP contribution < -0.4 is 16.0 Å². The molecule has 20 heavy (non-hydrogen) atoms. The number of carbonyl (C=O) groups excluding carboxylic acids is 2. The molecule has 0 saturated carbocycles. The van der Waals surface area contributed by atoms with E-state index in [4.69, 9.17) is 0 Å². The summed E-state index contributed by atoms with van der Waals surface area (Å²) in [7, 11) is 1.82. The summed E-state index contributed by atoms with van der Waals surface area (Å²) in [6, 6.07) is 6.53. The Kier molecular flexibility index (Phi) is 6.03. The maximum atomic E-state index is 12.0. The van der Waals surface area contributed by atoms with Crippen molar-refractivity contribution in [1.29, 1.82) is 0 Å². The van der Waals surface area contributed by atoms with E-state index in [0.717, 1.165) is 5.69 Å². The average molecular weight is 277 g/mol. The fourth-order valence-electron chi connectivity index (χ4n) is 1.59.